The van der Waals surface area contributed by atoms with E-state index < -0.39 is 0 Å². The maximum Gasteiger partial charge on any atom is 0.140 e. The molecule has 274 valence electrons. The first kappa shape index (κ1) is 33.7. The van der Waals surface area contributed by atoms with Gasteiger partial charge in [-0.25, -0.2) is 4.98 Å². The van der Waals surface area contributed by atoms with Crippen molar-refractivity contribution in [3.63, 3.8) is 0 Å². The molecule has 0 unspecified atom stereocenters. The van der Waals surface area contributed by atoms with Gasteiger partial charge in [-0.05, 0) is 119 Å². The van der Waals surface area contributed by atoms with E-state index in [0.29, 0.717) is 0 Å². The Balaban J connectivity index is 0.985. The van der Waals surface area contributed by atoms with E-state index in [1.54, 1.807) is 0 Å². The first-order valence-corrected chi connectivity index (χ1v) is 19.8. The Morgan fingerprint density at radius 2 is 1.16 bits per heavy atom. The summed E-state index contributed by atoms with van der Waals surface area (Å²) in [6.07, 6.45) is 2.07. The zero-order chi connectivity index (χ0) is 38.8. The molecule has 0 fully saturated rings. The number of benzene rings is 7. The molecule has 1 aliphatic rings. The number of nitrogens with zero attached hydrogens (tertiary/aromatic N) is 4. The zero-order valence-corrected chi connectivity index (χ0v) is 32.3. The lowest BCUT2D eigenvalue weighted by atomic mass is 9.81. The molecule has 0 aliphatic heterocycles. The number of fused-ring (bicyclic) bond motifs is 7. The van der Waals surface area contributed by atoms with Gasteiger partial charge in [0.05, 0.1) is 16.7 Å². The molecule has 7 aromatic carbocycles. The summed E-state index contributed by atoms with van der Waals surface area (Å²) in [7, 11) is 0. The van der Waals surface area contributed by atoms with Gasteiger partial charge in [0.25, 0.3) is 0 Å². The second-order valence-electron chi connectivity index (χ2n) is 15.5. The molecule has 4 heteroatoms. The predicted molar refractivity (Wildman–Crippen MR) is 240 cm³/mol. The minimum absolute atomic E-state index is 0.199. The number of imidazole rings is 1. The Hall–Kier alpha value is -7.61. The average Bonchev–Trinajstić information content (AvgIpc) is 3.88. The lowest BCUT2D eigenvalue weighted by Crippen LogP contribution is -2.15. The number of aromatic nitrogens is 3. The SMILES string of the molecule is CC1(C)c2cc(C#Cc3nc4ccccn4c3-c3ccc(N(c4ccccc4)c4ccccc4)cc3)ccc2-c2cc3c(cc21)c1ccccc1n3-c1ccccc1. The van der Waals surface area contributed by atoms with Gasteiger partial charge in [-0.2, -0.15) is 0 Å². The van der Waals surface area contributed by atoms with Crippen molar-refractivity contribution in [2.45, 2.75) is 19.3 Å². The van der Waals surface area contributed by atoms with Crippen molar-refractivity contribution in [1.82, 2.24) is 14.0 Å². The molecule has 3 aromatic heterocycles. The van der Waals surface area contributed by atoms with Crippen molar-refractivity contribution in [1.29, 1.82) is 0 Å². The van der Waals surface area contributed by atoms with Crippen LogP contribution in [-0.2, 0) is 5.41 Å². The fourth-order valence-corrected chi connectivity index (χ4v) is 8.99. The van der Waals surface area contributed by atoms with E-state index in [2.05, 4.69) is 216 Å². The van der Waals surface area contributed by atoms with Crippen LogP contribution in [0.1, 0.15) is 36.2 Å². The normalized spacial score (nSPS) is 12.7. The van der Waals surface area contributed by atoms with Gasteiger partial charge in [0.15, 0.2) is 0 Å². The summed E-state index contributed by atoms with van der Waals surface area (Å²) in [6, 6.07) is 66.8. The highest BCUT2D eigenvalue weighted by molar-refractivity contribution is 6.11. The third-order valence-corrected chi connectivity index (χ3v) is 11.8. The maximum atomic E-state index is 5.05. The molecule has 4 nitrogen and oxygen atoms in total. The van der Waals surface area contributed by atoms with Gasteiger partial charge in [0.2, 0.25) is 0 Å². The second-order valence-corrected chi connectivity index (χ2v) is 15.5. The van der Waals surface area contributed by atoms with E-state index in [0.717, 1.165) is 45.2 Å². The Morgan fingerprint density at radius 1 is 0.517 bits per heavy atom. The number of rotatable bonds is 5. The number of hydrogen-bond donors (Lipinski definition) is 0. The van der Waals surface area contributed by atoms with E-state index in [9.17, 15) is 0 Å². The first-order valence-electron chi connectivity index (χ1n) is 19.8. The molecule has 0 radical (unpaired) electrons. The standard InChI is InChI=1S/C54H38N4/c1-54(2)47-34-37(25-31-43(47)45-36-51-46(35-48(45)54)44-22-12-13-23-50(44)58(51)41-20-10-5-11-21-41)26-32-49-53(56-33-15-14-24-52(56)55-49)38-27-29-42(30-28-38)57(39-16-6-3-7-17-39)40-18-8-4-9-19-40/h3-25,27-31,33-36H,1-2H3. The van der Waals surface area contributed by atoms with Crippen LogP contribution in [0.4, 0.5) is 17.1 Å². The van der Waals surface area contributed by atoms with Crippen molar-refractivity contribution in [3.8, 4) is 39.9 Å². The molecule has 0 N–H and O–H groups in total. The van der Waals surface area contributed by atoms with Gasteiger partial charge in [-0.15, -0.1) is 0 Å². The van der Waals surface area contributed by atoms with E-state index in [1.165, 1.54) is 49.7 Å². The smallest absolute Gasteiger partial charge is 0.140 e. The monoisotopic (exact) mass is 742 g/mol. The highest BCUT2D eigenvalue weighted by atomic mass is 15.1. The molecule has 11 rings (SSSR count). The highest BCUT2D eigenvalue weighted by Gasteiger charge is 2.36. The number of hydrogen-bond acceptors (Lipinski definition) is 2. The third-order valence-electron chi connectivity index (χ3n) is 11.8. The van der Waals surface area contributed by atoms with Gasteiger partial charge in [-0.1, -0.05) is 117 Å². The average molecular weight is 743 g/mol. The quantitative estimate of drug-likeness (QED) is 0.164. The number of para-hydroxylation sites is 4. The molecule has 10 aromatic rings. The molecule has 0 atom stereocenters. The maximum absolute atomic E-state index is 5.05. The Morgan fingerprint density at radius 3 is 1.90 bits per heavy atom. The van der Waals surface area contributed by atoms with Crippen molar-refractivity contribution in [3.05, 3.63) is 217 Å². The Labute approximate surface area is 337 Å². The van der Waals surface area contributed by atoms with Gasteiger partial charge >= 0.3 is 0 Å². The molecule has 0 saturated heterocycles. The summed E-state index contributed by atoms with van der Waals surface area (Å²) in [4.78, 5) is 7.33. The molecule has 58 heavy (non-hydrogen) atoms. The van der Waals surface area contributed by atoms with Gasteiger partial charge < -0.3 is 9.47 Å². The summed E-state index contributed by atoms with van der Waals surface area (Å²) < 4.78 is 4.54. The van der Waals surface area contributed by atoms with Crippen LogP contribution in [0, 0.1) is 11.8 Å². The molecular weight excluding hydrogens is 705 g/mol. The van der Waals surface area contributed by atoms with Gasteiger partial charge in [0, 0.05) is 56.3 Å². The minimum Gasteiger partial charge on any atom is -0.311 e. The molecule has 0 spiro atoms. The lowest BCUT2D eigenvalue weighted by Gasteiger charge is -2.25. The third kappa shape index (κ3) is 5.36. The molecule has 0 saturated carbocycles. The molecule has 3 heterocycles. The summed E-state index contributed by atoms with van der Waals surface area (Å²) in [5, 5.41) is 2.55. The van der Waals surface area contributed by atoms with Gasteiger partial charge in [-0.3, -0.25) is 4.40 Å². The van der Waals surface area contributed by atoms with E-state index >= 15 is 0 Å². The van der Waals surface area contributed by atoms with Crippen LogP contribution in [0.2, 0.25) is 0 Å². The van der Waals surface area contributed by atoms with Crippen LogP contribution in [0.25, 0.3) is 55.5 Å². The van der Waals surface area contributed by atoms with Crippen molar-refractivity contribution in [2.75, 3.05) is 4.90 Å². The lowest BCUT2D eigenvalue weighted by molar-refractivity contribution is 0.661. The summed E-state index contributed by atoms with van der Waals surface area (Å²) in [5.74, 6) is 7.06. The van der Waals surface area contributed by atoms with Crippen molar-refractivity contribution >= 4 is 44.5 Å². The fraction of sp³-hybridized carbons (Fsp3) is 0.0556. The van der Waals surface area contributed by atoms with Crippen LogP contribution in [0.15, 0.2) is 194 Å². The minimum atomic E-state index is -0.199. The van der Waals surface area contributed by atoms with Crippen LogP contribution in [0.3, 0.4) is 0 Å². The van der Waals surface area contributed by atoms with Crippen LogP contribution >= 0.6 is 0 Å². The van der Waals surface area contributed by atoms with Crippen molar-refractivity contribution in [2.24, 2.45) is 0 Å². The number of pyridine rings is 1. The zero-order valence-electron chi connectivity index (χ0n) is 32.3. The molecular formula is C54H38N4. The molecule has 1 aliphatic carbocycles. The fourth-order valence-electron chi connectivity index (χ4n) is 8.99. The topological polar surface area (TPSA) is 25.5 Å². The highest BCUT2D eigenvalue weighted by Crippen LogP contribution is 2.51. The van der Waals surface area contributed by atoms with Gasteiger partial charge in [0.1, 0.15) is 11.3 Å². The second kappa shape index (κ2) is 13.3. The van der Waals surface area contributed by atoms with Crippen molar-refractivity contribution < 1.29 is 0 Å². The summed E-state index contributed by atoms with van der Waals surface area (Å²) >= 11 is 0. The predicted octanol–water partition coefficient (Wildman–Crippen LogP) is 13.3. The van der Waals surface area contributed by atoms with Crippen LogP contribution < -0.4 is 4.90 Å². The van der Waals surface area contributed by atoms with E-state index in [4.69, 9.17) is 4.98 Å². The van der Waals surface area contributed by atoms with Crippen LogP contribution in [-0.4, -0.2) is 14.0 Å². The Bertz CT molecular complexity index is 3190. The van der Waals surface area contributed by atoms with E-state index in [1.807, 2.05) is 18.2 Å². The largest absolute Gasteiger partial charge is 0.311 e. The molecule has 0 amide bonds. The van der Waals surface area contributed by atoms with Crippen LogP contribution in [0.5, 0.6) is 0 Å². The molecule has 0 bridgehead atoms. The first-order chi connectivity index (χ1) is 28.5. The number of anilines is 3. The summed E-state index contributed by atoms with van der Waals surface area (Å²) in [6.45, 7) is 4.69. The van der Waals surface area contributed by atoms with E-state index in [-0.39, 0.29) is 5.41 Å². The summed E-state index contributed by atoms with van der Waals surface area (Å²) in [5.41, 5.74) is 16.5. The Kier molecular flexibility index (Phi) is 7.71.